The maximum Gasteiger partial charge on any atom is 0.254 e. The number of aliphatic hydroxyl groups excluding tert-OH is 1. The minimum atomic E-state index is -0.0443. The third kappa shape index (κ3) is 2.92. The van der Waals surface area contributed by atoms with Crippen molar-refractivity contribution >= 4 is 28.5 Å². The predicted molar refractivity (Wildman–Crippen MR) is 67.9 cm³/mol. The first kappa shape index (κ1) is 12.4. The highest BCUT2D eigenvalue weighted by Gasteiger charge is 2.14. The van der Waals surface area contributed by atoms with Gasteiger partial charge in [0.2, 0.25) is 0 Å². The van der Waals surface area contributed by atoms with Crippen molar-refractivity contribution in [3.05, 3.63) is 32.9 Å². The summed E-state index contributed by atoms with van der Waals surface area (Å²) in [6.45, 7) is 2.33. The molecule has 0 atom stereocenters. The summed E-state index contributed by atoms with van der Waals surface area (Å²) >= 11 is 2.17. The van der Waals surface area contributed by atoms with E-state index in [1.54, 1.807) is 7.05 Å². The Bertz CT molecular complexity index is 366. The van der Waals surface area contributed by atoms with Crippen LogP contribution in [-0.4, -0.2) is 36.1 Å². The van der Waals surface area contributed by atoms with E-state index in [1.165, 1.54) is 4.90 Å². The van der Waals surface area contributed by atoms with Gasteiger partial charge in [-0.1, -0.05) is 12.1 Å². The number of aliphatic hydroxyl groups is 1. The highest BCUT2D eigenvalue weighted by Crippen LogP contribution is 2.17. The molecule has 0 spiro atoms. The normalized spacial score (nSPS) is 10.1. The Morgan fingerprint density at radius 3 is 2.80 bits per heavy atom. The maximum absolute atomic E-state index is 11.9. The standard InChI is InChI=1S/C11H14INO2/c1-8-4-3-5-9(10(8)12)11(15)13(2)6-7-14/h3-5,14H,6-7H2,1-2H3. The van der Waals surface area contributed by atoms with Crippen molar-refractivity contribution in [2.75, 3.05) is 20.2 Å². The molecule has 0 saturated carbocycles. The fraction of sp³-hybridized carbons (Fsp3) is 0.364. The molecular weight excluding hydrogens is 305 g/mol. The van der Waals surface area contributed by atoms with Crippen LogP contribution in [0.5, 0.6) is 0 Å². The van der Waals surface area contributed by atoms with E-state index < -0.39 is 0 Å². The summed E-state index contributed by atoms with van der Waals surface area (Å²) in [5, 5.41) is 8.76. The summed E-state index contributed by atoms with van der Waals surface area (Å²) in [6, 6.07) is 5.66. The number of rotatable bonds is 3. The molecule has 15 heavy (non-hydrogen) atoms. The fourth-order valence-corrected chi connectivity index (χ4v) is 1.86. The van der Waals surface area contributed by atoms with Gasteiger partial charge in [-0.3, -0.25) is 4.79 Å². The van der Waals surface area contributed by atoms with Gasteiger partial charge in [0.15, 0.2) is 0 Å². The van der Waals surface area contributed by atoms with E-state index in [4.69, 9.17) is 5.11 Å². The third-order valence-electron chi connectivity index (χ3n) is 2.20. The van der Waals surface area contributed by atoms with Crippen LogP contribution < -0.4 is 0 Å². The van der Waals surface area contributed by atoms with Crippen LogP contribution in [0.4, 0.5) is 0 Å². The molecule has 4 heteroatoms. The van der Waals surface area contributed by atoms with Crippen molar-refractivity contribution in [3.63, 3.8) is 0 Å². The topological polar surface area (TPSA) is 40.5 Å². The van der Waals surface area contributed by atoms with Crippen LogP contribution in [0.3, 0.4) is 0 Å². The minimum absolute atomic E-state index is 0.00929. The van der Waals surface area contributed by atoms with Gasteiger partial charge < -0.3 is 10.0 Å². The molecule has 82 valence electrons. The zero-order valence-electron chi connectivity index (χ0n) is 8.83. The Balaban J connectivity index is 2.96. The Kier molecular flexibility index (Phi) is 4.53. The number of aryl methyl sites for hydroxylation is 1. The van der Waals surface area contributed by atoms with Gasteiger partial charge in [-0.25, -0.2) is 0 Å². The molecule has 0 radical (unpaired) electrons. The molecule has 0 bridgehead atoms. The van der Waals surface area contributed by atoms with Crippen LogP contribution in [0.2, 0.25) is 0 Å². The van der Waals surface area contributed by atoms with Crippen molar-refractivity contribution in [3.8, 4) is 0 Å². The van der Waals surface area contributed by atoms with Crippen LogP contribution in [0.25, 0.3) is 0 Å². The number of carbonyl (C=O) groups is 1. The smallest absolute Gasteiger partial charge is 0.254 e. The summed E-state index contributed by atoms with van der Waals surface area (Å²) in [6.07, 6.45) is 0. The van der Waals surface area contributed by atoms with E-state index in [2.05, 4.69) is 22.6 Å². The van der Waals surface area contributed by atoms with Gasteiger partial charge in [-0.15, -0.1) is 0 Å². The van der Waals surface area contributed by atoms with E-state index in [0.29, 0.717) is 12.1 Å². The zero-order chi connectivity index (χ0) is 11.4. The van der Waals surface area contributed by atoms with Crippen molar-refractivity contribution in [1.29, 1.82) is 0 Å². The molecule has 1 aromatic carbocycles. The molecule has 1 rings (SSSR count). The lowest BCUT2D eigenvalue weighted by Gasteiger charge is -2.17. The van der Waals surface area contributed by atoms with Crippen LogP contribution >= 0.6 is 22.6 Å². The molecule has 0 aliphatic rings. The van der Waals surface area contributed by atoms with Gasteiger partial charge in [0.05, 0.1) is 12.2 Å². The molecule has 3 nitrogen and oxygen atoms in total. The molecule has 0 saturated heterocycles. The van der Waals surface area contributed by atoms with Gasteiger partial charge in [-0.05, 0) is 41.1 Å². The first-order valence-electron chi connectivity index (χ1n) is 4.69. The van der Waals surface area contributed by atoms with Gasteiger partial charge in [0.1, 0.15) is 0 Å². The van der Waals surface area contributed by atoms with Crippen LogP contribution in [0.15, 0.2) is 18.2 Å². The zero-order valence-corrected chi connectivity index (χ0v) is 11.0. The van der Waals surface area contributed by atoms with E-state index in [9.17, 15) is 4.79 Å². The molecule has 1 aromatic rings. The Morgan fingerprint density at radius 2 is 2.20 bits per heavy atom. The van der Waals surface area contributed by atoms with Crippen LogP contribution in [0.1, 0.15) is 15.9 Å². The van der Waals surface area contributed by atoms with Gasteiger partial charge in [0.25, 0.3) is 5.91 Å². The number of hydrogen-bond acceptors (Lipinski definition) is 2. The number of nitrogens with zero attached hydrogens (tertiary/aromatic N) is 1. The third-order valence-corrected chi connectivity index (χ3v) is 3.64. The second-order valence-corrected chi connectivity index (χ2v) is 4.47. The minimum Gasteiger partial charge on any atom is -0.395 e. The highest BCUT2D eigenvalue weighted by atomic mass is 127. The molecule has 0 aliphatic carbocycles. The quantitative estimate of drug-likeness (QED) is 0.861. The maximum atomic E-state index is 11.9. The van der Waals surface area contributed by atoms with Crippen LogP contribution in [-0.2, 0) is 0 Å². The summed E-state index contributed by atoms with van der Waals surface area (Å²) in [7, 11) is 1.69. The molecule has 0 fully saturated rings. The lowest BCUT2D eigenvalue weighted by atomic mass is 10.1. The summed E-state index contributed by atoms with van der Waals surface area (Å²) < 4.78 is 0.977. The average molecular weight is 319 g/mol. The molecule has 0 heterocycles. The van der Waals surface area contributed by atoms with E-state index >= 15 is 0 Å². The largest absolute Gasteiger partial charge is 0.395 e. The molecule has 0 unspecified atom stereocenters. The lowest BCUT2D eigenvalue weighted by Crippen LogP contribution is -2.30. The van der Waals surface area contributed by atoms with Crippen LogP contribution in [0, 0.1) is 10.5 Å². The summed E-state index contributed by atoms with van der Waals surface area (Å²) in [4.78, 5) is 13.4. The van der Waals surface area contributed by atoms with Crippen molar-refractivity contribution < 1.29 is 9.90 Å². The number of benzene rings is 1. The van der Waals surface area contributed by atoms with E-state index in [0.717, 1.165) is 9.13 Å². The van der Waals surface area contributed by atoms with Crippen molar-refractivity contribution in [2.24, 2.45) is 0 Å². The highest BCUT2D eigenvalue weighted by molar-refractivity contribution is 14.1. The fourth-order valence-electron chi connectivity index (χ4n) is 1.27. The van der Waals surface area contributed by atoms with Crippen molar-refractivity contribution in [2.45, 2.75) is 6.92 Å². The lowest BCUT2D eigenvalue weighted by molar-refractivity contribution is 0.0766. The average Bonchev–Trinajstić information content (AvgIpc) is 2.21. The molecule has 0 aromatic heterocycles. The van der Waals surface area contributed by atoms with E-state index in [-0.39, 0.29) is 12.5 Å². The Hall–Kier alpha value is -0.620. The summed E-state index contributed by atoms with van der Waals surface area (Å²) in [5.41, 5.74) is 1.80. The number of likely N-dealkylation sites (N-methyl/N-ethyl adjacent to an activating group) is 1. The van der Waals surface area contributed by atoms with Gasteiger partial charge >= 0.3 is 0 Å². The second kappa shape index (κ2) is 5.46. The summed E-state index contributed by atoms with van der Waals surface area (Å²) in [5.74, 6) is -0.0443. The molecule has 0 aliphatic heterocycles. The SMILES string of the molecule is Cc1cccc(C(=O)N(C)CCO)c1I. The Morgan fingerprint density at radius 1 is 1.53 bits per heavy atom. The van der Waals surface area contributed by atoms with Crippen molar-refractivity contribution in [1.82, 2.24) is 4.90 Å². The number of carbonyl (C=O) groups excluding carboxylic acids is 1. The predicted octanol–water partition coefficient (Wildman–Crippen LogP) is 1.66. The first-order valence-corrected chi connectivity index (χ1v) is 5.77. The first-order chi connectivity index (χ1) is 7.07. The Labute approximate surface area is 103 Å². The molecule has 1 amide bonds. The monoisotopic (exact) mass is 319 g/mol. The number of halogens is 1. The van der Waals surface area contributed by atoms with Gasteiger partial charge in [0, 0.05) is 17.2 Å². The second-order valence-electron chi connectivity index (χ2n) is 3.39. The van der Waals surface area contributed by atoms with E-state index in [1.807, 2.05) is 25.1 Å². The van der Waals surface area contributed by atoms with Gasteiger partial charge in [-0.2, -0.15) is 0 Å². The number of amides is 1. The molecular formula is C11H14INO2. The number of hydrogen-bond donors (Lipinski definition) is 1. The molecule has 1 N–H and O–H groups in total.